The van der Waals surface area contributed by atoms with Gasteiger partial charge in [-0.1, -0.05) is 12.1 Å². The lowest BCUT2D eigenvalue weighted by molar-refractivity contribution is 0.473. The van der Waals surface area contributed by atoms with Gasteiger partial charge in [0.1, 0.15) is 5.75 Å². The van der Waals surface area contributed by atoms with Crippen molar-refractivity contribution < 1.29 is 5.11 Å². The summed E-state index contributed by atoms with van der Waals surface area (Å²) in [6.07, 6.45) is 5.02. The first kappa shape index (κ1) is 9.30. The molecule has 0 fully saturated rings. The van der Waals surface area contributed by atoms with Gasteiger partial charge in [-0.15, -0.1) is 0 Å². The summed E-state index contributed by atoms with van der Waals surface area (Å²) in [6.45, 7) is 0. The Morgan fingerprint density at radius 1 is 1.00 bits per heavy atom. The van der Waals surface area contributed by atoms with E-state index in [9.17, 15) is 5.11 Å². The van der Waals surface area contributed by atoms with Crippen molar-refractivity contribution in [3.63, 3.8) is 0 Å². The monoisotopic (exact) mass is 228 g/mol. The van der Waals surface area contributed by atoms with Crippen LogP contribution in [-0.2, 0) is 0 Å². The van der Waals surface area contributed by atoms with Gasteiger partial charge in [-0.3, -0.25) is 4.98 Å². The van der Waals surface area contributed by atoms with Crippen molar-refractivity contribution in [1.82, 2.24) is 9.36 Å². The minimum atomic E-state index is 0.182. The number of aromatic hydroxyl groups is 1. The lowest BCUT2D eigenvalue weighted by Gasteiger charge is -2.01. The van der Waals surface area contributed by atoms with E-state index in [1.807, 2.05) is 18.3 Å². The van der Waals surface area contributed by atoms with E-state index in [2.05, 4.69) is 15.4 Å². The lowest BCUT2D eigenvalue weighted by atomic mass is 10.1. The number of hydrogen-bond acceptors (Lipinski definition) is 4. The number of aromatic nitrogens is 2. The fourth-order valence-corrected chi connectivity index (χ4v) is 2.31. The van der Waals surface area contributed by atoms with Crippen LogP contribution in [0.3, 0.4) is 0 Å². The van der Waals surface area contributed by atoms with E-state index in [-0.39, 0.29) is 5.75 Å². The van der Waals surface area contributed by atoms with Gasteiger partial charge in [-0.25, -0.2) is 0 Å². The smallest absolute Gasteiger partial charge is 0.134 e. The fourth-order valence-electron chi connectivity index (χ4n) is 1.63. The summed E-state index contributed by atoms with van der Waals surface area (Å²) in [5, 5.41) is 10.5. The average Bonchev–Trinajstić information content (AvgIpc) is 2.75. The Bertz CT molecular complexity index is 648. The van der Waals surface area contributed by atoms with Crippen LogP contribution in [0.5, 0.6) is 5.75 Å². The first-order chi connectivity index (χ1) is 7.83. The summed E-state index contributed by atoms with van der Waals surface area (Å²) in [6, 6.07) is 7.80. The third-order valence-electron chi connectivity index (χ3n) is 2.41. The quantitative estimate of drug-likeness (QED) is 0.696. The van der Waals surface area contributed by atoms with Crippen LogP contribution < -0.4 is 0 Å². The zero-order valence-corrected chi connectivity index (χ0v) is 9.11. The van der Waals surface area contributed by atoms with Crippen molar-refractivity contribution in [3.05, 3.63) is 42.9 Å². The third kappa shape index (κ3) is 1.53. The topological polar surface area (TPSA) is 46.0 Å². The van der Waals surface area contributed by atoms with E-state index >= 15 is 0 Å². The number of nitrogens with zero attached hydrogens (tertiary/aromatic N) is 2. The second kappa shape index (κ2) is 3.57. The zero-order chi connectivity index (χ0) is 11.0. The number of benzene rings is 1. The van der Waals surface area contributed by atoms with Crippen LogP contribution in [0.1, 0.15) is 0 Å². The Hall–Kier alpha value is -1.94. The Morgan fingerprint density at radius 2 is 1.94 bits per heavy atom. The fraction of sp³-hybridized carbons (Fsp3) is 0. The van der Waals surface area contributed by atoms with Gasteiger partial charge in [0.2, 0.25) is 0 Å². The highest BCUT2D eigenvalue weighted by Gasteiger charge is 2.02. The number of pyridine rings is 1. The molecule has 0 aliphatic carbocycles. The van der Waals surface area contributed by atoms with Crippen LogP contribution in [0, 0.1) is 0 Å². The Kier molecular flexibility index (Phi) is 2.08. The summed E-state index contributed by atoms with van der Waals surface area (Å²) in [7, 11) is 0. The van der Waals surface area contributed by atoms with Crippen molar-refractivity contribution in [2.75, 3.05) is 0 Å². The molecule has 0 amide bonds. The van der Waals surface area contributed by atoms with Gasteiger partial charge >= 0.3 is 0 Å². The molecule has 0 spiro atoms. The highest BCUT2D eigenvalue weighted by molar-refractivity contribution is 7.13. The Morgan fingerprint density at radius 3 is 2.81 bits per heavy atom. The van der Waals surface area contributed by atoms with Crippen LogP contribution in [0.25, 0.3) is 21.2 Å². The van der Waals surface area contributed by atoms with Crippen molar-refractivity contribution >= 4 is 21.6 Å². The first-order valence-electron chi connectivity index (χ1n) is 4.82. The normalized spacial score (nSPS) is 10.8. The van der Waals surface area contributed by atoms with Crippen LogP contribution in [-0.4, -0.2) is 14.5 Å². The van der Waals surface area contributed by atoms with Crippen LogP contribution in [0.15, 0.2) is 42.9 Å². The van der Waals surface area contributed by atoms with E-state index in [1.54, 1.807) is 12.3 Å². The molecule has 0 aliphatic heterocycles. The molecular formula is C12H8N2OS. The minimum absolute atomic E-state index is 0.182. The third-order valence-corrected chi connectivity index (χ3v) is 3.17. The zero-order valence-electron chi connectivity index (χ0n) is 8.29. The Labute approximate surface area is 96.2 Å². The van der Waals surface area contributed by atoms with E-state index in [4.69, 9.17) is 0 Å². The van der Waals surface area contributed by atoms with Crippen molar-refractivity contribution in [3.8, 4) is 16.9 Å². The molecule has 2 heterocycles. The van der Waals surface area contributed by atoms with E-state index in [1.165, 1.54) is 17.7 Å². The number of rotatable bonds is 1. The number of hydrogen-bond donors (Lipinski definition) is 1. The van der Waals surface area contributed by atoms with Crippen LogP contribution in [0.4, 0.5) is 0 Å². The van der Waals surface area contributed by atoms with Gasteiger partial charge in [-0.2, -0.15) is 4.37 Å². The maximum absolute atomic E-state index is 9.38. The van der Waals surface area contributed by atoms with E-state index < -0.39 is 0 Å². The Balaban J connectivity index is 2.18. The van der Waals surface area contributed by atoms with Gasteiger partial charge in [-0.05, 0) is 29.2 Å². The molecule has 0 saturated heterocycles. The second-order valence-corrected chi connectivity index (χ2v) is 4.34. The largest absolute Gasteiger partial charge is 0.506 e. The predicted octanol–water partition coefficient (Wildman–Crippen LogP) is 3.06. The molecule has 3 nitrogen and oxygen atoms in total. The highest BCUT2D eigenvalue weighted by Crippen LogP contribution is 2.27. The minimum Gasteiger partial charge on any atom is -0.506 e. The summed E-state index contributed by atoms with van der Waals surface area (Å²) in [5.74, 6) is 0.182. The molecule has 1 aromatic carbocycles. The van der Waals surface area contributed by atoms with E-state index in [0.717, 1.165) is 21.2 Å². The molecule has 0 aliphatic rings. The number of fused-ring (bicyclic) bond motifs is 1. The average molecular weight is 228 g/mol. The first-order valence-corrected chi connectivity index (χ1v) is 5.59. The van der Waals surface area contributed by atoms with Gasteiger partial charge in [0.25, 0.3) is 0 Å². The van der Waals surface area contributed by atoms with Gasteiger partial charge in [0.15, 0.2) is 0 Å². The SMILES string of the molecule is Oc1cncc(-c2ccc3cnsc3c2)c1. The molecule has 4 heteroatoms. The second-order valence-electron chi connectivity index (χ2n) is 3.51. The molecule has 0 bridgehead atoms. The summed E-state index contributed by atoms with van der Waals surface area (Å²) in [5.41, 5.74) is 1.95. The van der Waals surface area contributed by atoms with Gasteiger partial charge in [0, 0.05) is 23.3 Å². The lowest BCUT2D eigenvalue weighted by Crippen LogP contribution is -1.79. The van der Waals surface area contributed by atoms with Crippen LogP contribution in [0.2, 0.25) is 0 Å². The highest BCUT2D eigenvalue weighted by atomic mass is 32.1. The van der Waals surface area contributed by atoms with Gasteiger partial charge < -0.3 is 5.11 Å². The summed E-state index contributed by atoms with van der Waals surface area (Å²) in [4.78, 5) is 3.97. The molecule has 16 heavy (non-hydrogen) atoms. The maximum Gasteiger partial charge on any atom is 0.134 e. The standard InChI is InChI=1S/C12H8N2OS/c15-11-3-10(5-13-7-11)8-1-2-9-6-14-16-12(9)4-8/h1-7,15H. The molecule has 2 aromatic heterocycles. The summed E-state index contributed by atoms with van der Waals surface area (Å²) < 4.78 is 5.27. The predicted molar refractivity (Wildman–Crippen MR) is 64.5 cm³/mol. The molecule has 1 N–H and O–H groups in total. The molecule has 78 valence electrons. The molecule has 0 atom stereocenters. The molecular weight excluding hydrogens is 220 g/mol. The van der Waals surface area contributed by atoms with Crippen molar-refractivity contribution in [2.45, 2.75) is 0 Å². The molecule has 0 unspecified atom stereocenters. The van der Waals surface area contributed by atoms with Crippen LogP contribution >= 0.6 is 11.5 Å². The molecule has 3 rings (SSSR count). The molecule has 0 radical (unpaired) electrons. The molecule has 0 saturated carbocycles. The van der Waals surface area contributed by atoms with Gasteiger partial charge in [0.05, 0.1) is 10.9 Å². The van der Waals surface area contributed by atoms with Crippen molar-refractivity contribution in [1.29, 1.82) is 0 Å². The van der Waals surface area contributed by atoms with E-state index in [0.29, 0.717) is 0 Å². The molecule has 3 aromatic rings. The summed E-state index contributed by atoms with van der Waals surface area (Å²) >= 11 is 1.47. The van der Waals surface area contributed by atoms with Crippen molar-refractivity contribution in [2.24, 2.45) is 0 Å². The maximum atomic E-state index is 9.38.